The zero-order valence-corrected chi connectivity index (χ0v) is 15.6. The average Bonchev–Trinajstić information content (AvgIpc) is 2.90. The van der Waals surface area contributed by atoms with E-state index in [4.69, 9.17) is 0 Å². The molecule has 2 fully saturated rings. The van der Waals surface area contributed by atoms with Crippen molar-refractivity contribution in [3.63, 3.8) is 0 Å². The number of amides is 1. The van der Waals surface area contributed by atoms with E-state index in [2.05, 4.69) is 23.7 Å². The van der Waals surface area contributed by atoms with E-state index < -0.39 is 0 Å². The number of pyridine rings is 1. The van der Waals surface area contributed by atoms with Gasteiger partial charge in [-0.15, -0.1) is 0 Å². The molecule has 0 saturated carbocycles. The van der Waals surface area contributed by atoms with Gasteiger partial charge in [-0.2, -0.15) is 0 Å². The first-order valence-electron chi connectivity index (χ1n) is 9.35. The van der Waals surface area contributed by atoms with Gasteiger partial charge in [-0.05, 0) is 62.9 Å². The molecule has 2 aromatic rings. The van der Waals surface area contributed by atoms with Crippen molar-refractivity contribution in [1.82, 2.24) is 9.88 Å². The van der Waals surface area contributed by atoms with Crippen molar-refractivity contribution in [3.05, 3.63) is 54.1 Å². The number of hydrogen-bond donors (Lipinski definition) is 1. The first kappa shape index (κ1) is 17.8. The van der Waals surface area contributed by atoms with Gasteiger partial charge in [-0.25, -0.2) is 9.37 Å². The molecule has 1 aromatic heterocycles. The number of rotatable bonds is 2. The van der Waals surface area contributed by atoms with Gasteiger partial charge in [0.2, 0.25) is 0 Å². The fraction of sp³-hybridized carbons (Fsp3) is 0.429. The van der Waals surface area contributed by atoms with E-state index >= 15 is 0 Å². The van der Waals surface area contributed by atoms with Crippen LogP contribution < -0.4 is 4.90 Å². The summed E-state index contributed by atoms with van der Waals surface area (Å²) in [4.78, 5) is 21.0. The molecule has 142 valence electrons. The first-order valence-corrected chi connectivity index (χ1v) is 9.35. The molecule has 0 bridgehead atoms. The SMILES string of the molecule is CC1(C)C[C@@H]2CN(C(=O)c3ncccc3O)CC[C@@H]2N1c1cccc(F)c1. The molecule has 4 rings (SSSR count). The van der Waals surface area contributed by atoms with Gasteiger partial charge in [-0.1, -0.05) is 6.07 Å². The van der Waals surface area contributed by atoms with E-state index in [0.717, 1.165) is 18.5 Å². The van der Waals surface area contributed by atoms with Gasteiger partial charge in [0.05, 0.1) is 0 Å². The van der Waals surface area contributed by atoms with E-state index in [0.29, 0.717) is 19.0 Å². The van der Waals surface area contributed by atoms with E-state index in [1.165, 1.54) is 18.3 Å². The number of halogens is 1. The summed E-state index contributed by atoms with van der Waals surface area (Å²) in [5, 5.41) is 9.95. The van der Waals surface area contributed by atoms with Crippen molar-refractivity contribution >= 4 is 11.6 Å². The third-order valence-corrected chi connectivity index (χ3v) is 5.80. The molecule has 0 spiro atoms. The monoisotopic (exact) mass is 369 g/mol. The highest BCUT2D eigenvalue weighted by atomic mass is 19.1. The Morgan fingerprint density at radius 3 is 2.85 bits per heavy atom. The number of likely N-dealkylation sites (tertiary alicyclic amines) is 1. The van der Waals surface area contributed by atoms with Crippen molar-refractivity contribution < 1.29 is 14.3 Å². The highest BCUT2D eigenvalue weighted by molar-refractivity contribution is 5.94. The van der Waals surface area contributed by atoms with Crippen LogP contribution in [-0.2, 0) is 0 Å². The summed E-state index contributed by atoms with van der Waals surface area (Å²) < 4.78 is 13.8. The molecule has 2 aliphatic rings. The summed E-state index contributed by atoms with van der Waals surface area (Å²) in [5.74, 6) is -0.247. The van der Waals surface area contributed by atoms with Gasteiger partial charge in [0.15, 0.2) is 5.69 Å². The minimum absolute atomic E-state index is 0.0854. The Hall–Kier alpha value is -2.63. The number of nitrogens with zero attached hydrogens (tertiary/aromatic N) is 3. The number of hydrogen-bond acceptors (Lipinski definition) is 4. The summed E-state index contributed by atoms with van der Waals surface area (Å²) in [6.07, 6.45) is 3.25. The van der Waals surface area contributed by atoms with Crippen molar-refractivity contribution in [3.8, 4) is 5.75 Å². The summed E-state index contributed by atoms with van der Waals surface area (Å²) in [6, 6.07) is 10.1. The summed E-state index contributed by atoms with van der Waals surface area (Å²) in [7, 11) is 0. The molecule has 5 nitrogen and oxygen atoms in total. The quantitative estimate of drug-likeness (QED) is 0.881. The number of benzene rings is 1. The summed E-state index contributed by atoms with van der Waals surface area (Å²) >= 11 is 0. The molecule has 6 heteroatoms. The van der Waals surface area contributed by atoms with Gasteiger partial charge in [-0.3, -0.25) is 4.79 Å². The maximum atomic E-state index is 13.8. The third kappa shape index (κ3) is 3.13. The van der Waals surface area contributed by atoms with E-state index in [1.807, 2.05) is 6.07 Å². The van der Waals surface area contributed by atoms with Gasteiger partial charge in [0, 0.05) is 36.6 Å². The molecule has 2 saturated heterocycles. The highest BCUT2D eigenvalue weighted by Crippen LogP contribution is 2.44. The Balaban J connectivity index is 1.57. The summed E-state index contributed by atoms with van der Waals surface area (Å²) in [5.41, 5.74) is 0.889. The summed E-state index contributed by atoms with van der Waals surface area (Å²) in [6.45, 7) is 5.56. The average molecular weight is 369 g/mol. The van der Waals surface area contributed by atoms with Crippen molar-refractivity contribution in [1.29, 1.82) is 0 Å². The van der Waals surface area contributed by atoms with Gasteiger partial charge >= 0.3 is 0 Å². The predicted octanol–water partition coefficient (Wildman–Crippen LogP) is 3.45. The van der Waals surface area contributed by atoms with Crippen LogP contribution in [0.5, 0.6) is 5.75 Å². The highest BCUT2D eigenvalue weighted by Gasteiger charge is 2.48. The van der Waals surface area contributed by atoms with Crippen LogP contribution in [0.1, 0.15) is 37.2 Å². The second-order valence-electron chi connectivity index (χ2n) is 8.10. The molecule has 0 unspecified atom stereocenters. The molecule has 1 aromatic carbocycles. The lowest BCUT2D eigenvalue weighted by Gasteiger charge is -2.41. The van der Waals surface area contributed by atoms with Crippen LogP contribution in [0.3, 0.4) is 0 Å². The van der Waals surface area contributed by atoms with E-state index in [-0.39, 0.29) is 34.7 Å². The molecule has 2 aliphatic heterocycles. The maximum absolute atomic E-state index is 13.8. The molecule has 2 atom stereocenters. The maximum Gasteiger partial charge on any atom is 0.276 e. The molecule has 0 aliphatic carbocycles. The lowest BCUT2D eigenvalue weighted by atomic mass is 9.89. The van der Waals surface area contributed by atoms with Gasteiger partial charge < -0.3 is 14.9 Å². The second-order valence-corrected chi connectivity index (χ2v) is 8.10. The minimum Gasteiger partial charge on any atom is -0.505 e. The molecule has 27 heavy (non-hydrogen) atoms. The Morgan fingerprint density at radius 1 is 1.30 bits per heavy atom. The van der Waals surface area contributed by atoms with E-state index in [1.54, 1.807) is 23.1 Å². The van der Waals surface area contributed by atoms with E-state index in [9.17, 15) is 14.3 Å². The van der Waals surface area contributed by atoms with Crippen LogP contribution in [0.25, 0.3) is 0 Å². The standard InChI is InChI=1S/C21H24FN3O2/c1-21(2)12-14-13-24(20(27)19-18(26)7-4-9-23-19)10-8-17(14)25(21)16-6-3-5-15(22)11-16/h3-7,9,11,14,17,26H,8,10,12-13H2,1-2H3/t14-,17+/m1/s1. The van der Waals surface area contributed by atoms with Gasteiger partial charge in [0.25, 0.3) is 5.91 Å². The molecule has 1 N–H and O–H groups in total. The fourth-order valence-electron chi connectivity index (χ4n) is 4.81. The second kappa shape index (κ2) is 6.51. The first-order chi connectivity index (χ1) is 12.9. The number of fused-ring (bicyclic) bond motifs is 1. The number of carbonyl (C=O) groups excluding carboxylic acids is 1. The molecular weight excluding hydrogens is 345 g/mol. The smallest absolute Gasteiger partial charge is 0.276 e. The van der Waals surface area contributed by atoms with Crippen LogP contribution in [0, 0.1) is 11.7 Å². The molecular formula is C21H24FN3O2. The fourth-order valence-corrected chi connectivity index (χ4v) is 4.81. The van der Waals surface area contributed by atoms with Crippen LogP contribution in [0.15, 0.2) is 42.6 Å². The number of aromatic hydroxyl groups is 1. The van der Waals surface area contributed by atoms with Crippen molar-refractivity contribution in [2.24, 2.45) is 5.92 Å². The minimum atomic E-state index is -0.231. The third-order valence-electron chi connectivity index (χ3n) is 5.80. The zero-order valence-electron chi connectivity index (χ0n) is 15.6. The molecule has 3 heterocycles. The molecule has 1 amide bonds. The predicted molar refractivity (Wildman–Crippen MR) is 101 cm³/mol. The lowest BCUT2D eigenvalue weighted by Crippen LogP contribution is -2.50. The largest absolute Gasteiger partial charge is 0.505 e. The van der Waals surface area contributed by atoms with Crippen LogP contribution in [0.2, 0.25) is 0 Å². The van der Waals surface area contributed by atoms with Crippen molar-refractivity contribution in [2.45, 2.75) is 38.3 Å². The Morgan fingerprint density at radius 2 is 2.11 bits per heavy atom. The Bertz CT molecular complexity index is 870. The van der Waals surface area contributed by atoms with Crippen molar-refractivity contribution in [2.75, 3.05) is 18.0 Å². The van der Waals surface area contributed by atoms with Crippen LogP contribution in [0.4, 0.5) is 10.1 Å². The number of carbonyl (C=O) groups is 1. The Labute approximate surface area is 158 Å². The zero-order chi connectivity index (χ0) is 19.2. The molecule has 0 radical (unpaired) electrons. The Kier molecular flexibility index (Phi) is 4.29. The van der Waals surface area contributed by atoms with Gasteiger partial charge in [0.1, 0.15) is 11.6 Å². The normalized spacial score (nSPS) is 24.0. The van der Waals surface area contributed by atoms with Crippen LogP contribution >= 0.6 is 0 Å². The number of anilines is 1. The van der Waals surface area contributed by atoms with Crippen LogP contribution in [-0.4, -0.2) is 45.6 Å². The lowest BCUT2D eigenvalue weighted by molar-refractivity contribution is 0.0658. The number of aromatic nitrogens is 1. The number of piperidine rings is 1. The topological polar surface area (TPSA) is 56.7 Å².